The Hall–Kier alpha value is -3.40. The summed E-state index contributed by atoms with van der Waals surface area (Å²) >= 11 is 0. The minimum Gasteiger partial charge on any atom is -0.466 e. The van der Waals surface area contributed by atoms with Crippen molar-refractivity contribution in [1.29, 1.82) is 0 Å². The van der Waals surface area contributed by atoms with Gasteiger partial charge in [-0.2, -0.15) is 0 Å². The first-order chi connectivity index (χ1) is 15.6. The van der Waals surface area contributed by atoms with Gasteiger partial charge in [0.15, 0.2) is 0 Å². The van der Waals surface area contributed by atoms with Gasteiger partial charge in [0.1, 0.15) is 0 Å². The van der Waals surface area contributed by atoms with E-state index < -0.39 is 0 Å². The number of benzene rings is 3. The van der Waals surface area contributed by atoms with Crippen LogP contribution in [0.5, 0.6) is 0 Å². The molecule has 4 heteroatoms. The molecule has 32 heavy (non-hydrogen) atoms. The lowest BCUT2D eigenvalue weighted by Crippen LogP contribution is -2.30. The third-order valence-electron chi connectivity index (χ3n) is 5.60. The predicted octanol–water partition coefficient (Wildman–Crippen LogP) is 4.82. The largest absolute Gasteiger partial charge is 0.466 e. The molecule has 0 fully saturated rings. The van der Waals surface area contributed by atoms with Gasteiger partial charge in [-0.05, 0) is 42.0 Å². The van der Waals surface area contributed by atoms with Gasteiger partial charge in [-0.1, -0.05) is 84.9 Å². The average Bonchev–Trinajstić information content (AvgIpc) is 2.83. The average molecular weight is 430 g/mol. The number of esters is 1. The molecular weight excluding hydrogens is 398 g/mol. The highest BCUT2D eigenvalue weighted by atomic mass is 16.5. The molecule has 0 saturated heterocycles. The molecule has 3 aromatic rings. The quantitative estimate of drug-likeness (QED) is 0.434. The summed E-state index contributed by atoms with van der Waals surface area (Å²) in [7, 11) is 1.85. The van der Waals surface area contributed by atoms with Crippen LogP contribution in [0.25, 0.3) is 0 Å². The third-order valence-corrected chi connectivity index (χ3v) is 5.60. The monoisotopic (exact) mass is 429 g/mol. The molecule has 0 bridgehead atoms. The van der Waals surface area contributed by atoms with Crippen molar-refractivity contribution < 1.29 is 14.3 Å². The molecule has 4 nitrogen and oxygen atoms in total. The fourth-order valence-corrected chi connectivity index (χ4v) is 3.67. The van der Waals surface area contributed by atoms with E-state index in [4.69, 9.17) is 4.74 Å². The standard InChI is InChI=1S/C28H31NO3/c1-3-32-28(31)26(25-12-8-5-9-13-25)20-23-14-16-24(17-15-23)21-27(30)29(2)19-18-22-10-6-4-7-11-22/h4-17,26H,3,18-21H2,1-2H3. The van der Waals surface area contributed by atoms with Crippen LogP contribution >= 0.6 is 0 Å². The number of amides is 1. The van der Waals surface area contributed by atoms with Crippen molar-refractivity contribution in [3.05, 3.63) is 107 Å². The summed E-state index contributed by atoms with van der Waals surface area (Å²) in [5.74, 6) is -0.451. The van der Waals surface area contributed by atoms with Crippen LogP contribution in [0, 0.1) is 0 Å². The molecule has 0 aromatic heterocycles. The van der Waals surface area contributed by atoms with Crippen LogP contribution in [0.2, 0.25) is 0 Å². The zero-order chi connectivity index (χ0) is 22.8. The molecule has 3 aromatic carbocycles. The maximum atomic E-state index is 12.6. The van der Waals surface area contributed by atoms with E-state index in [9.17, 15) is 9.59 Å². The van der Waals surface area contributed by atoms with Crippen molar-refractivity contribution in [2.24, 2.45) is 0 Å². The summed E-state index contributed by atoms with van der Waals surface area (Å²) in [6, 6.07) is 27.9. The number of hydrogen-bond donors (Lipinski definition) is 0. The molecule has 0 saturated carbocycles. The van der Waals surface area contributed by atoms with Crippen LogP contribution in [0.3, 0.4) is 0 Å². The molecule has 1 atom stereocenters. The number of carbonyl (C=O) groups excluding carboxylic acids is 2. The Kier molecular flexibility index (Phi) is 8.61. The number of ether oxygens (including phenoxy) is 1. The van der Waals surface area contributed by atoms with Crippen LogP contribution < -0.4 is 0 Å². The highest BCUT2D eigenvalue weighted by Gasteiger charge is 2.22. The van der Waals surface area contributed by atoms with E-state index in [1.165, 1.54) is 5.56 Å². The van der Waals surface area contributed by atoms with Crippen LogP contribution in [-0.2, 0) is 33.6 Å². The number of rotatable bonds is 10. The van der Waals surface area contributed by atoms with E-state index in [0.29, 0.717) is 26.0 Å². The summed E-state index contributed by atoms with van der Waals surface area (Å²) in [4.78, 5) is 26.9. The Labute approximate surface area is 190 Å². The minimum absolute atomic E-state index is 0.0994. The Balaban J connectivity index is 1.58. The van der Waals surface area contributed by atoms with Gasteiger partial charge in [-0.3, -0.25) is 9.59 Å². The molecule has 0 aliphatic heterocycles. The van der Waals surface area contributed by atoms with Gasteiger partial charge in [-0.15, -0.1) is 0 Å². The van der Waals surface area contributed by atoms with E-state index in [1.807, 2.05) is 86.8 Å². The van der Waals surface area contributed by atoms with Gasteiger partial charge in [0.25, 0.3) is 0 Å². The summed E-state index contributed by atoms with van der Waals surface area (Å²) < 4.78 is 5.30. The molecule has 3 rings (SSSR count). The van der Waals surface area contributed by atoms with Crippen molar-refractivity contribution in [2.45, 2.75) is 32.1 Å². The van der Waals surface area contributed by atoms with E-state index in [-0.39, 0.29) is 17.8 Å². The lowest BCUT2D eigenvalue weighted by Gasteiger charge is -2.18. The maximum absolute atomic E-state index is 12.6. The Morgan fingerprint density at radius 3 is 2.03 bits per heavy atom. The van der Waals surface area contributed by atoms with Crippen molar-refractivity contribution in [2.75, 3.05) is 20.2 Å². The van der Waals surface area contributed by atoms with Gasteiger partial charge in [-0.25, -0.2) is 0 Å². The fourth-order valence-electron chi connectivity index (χ4n) is 3.67. The molecule has 0 radical (unpaired) electrons. The molecule has 0 aliphatic carbocycles. The normalized spacial score (nSPS) is 11.6. The topological polar surface area (TPSA) is 46.6 Å². The lowest BCUT2D eigenvalue weighted by molar-refractivity contribution is -0.145. The van der Waals surface area contributed by atoms with Gasteiger partial charge in [0.2, 0.25) is 5.91 Å². The first-order valence-corrected chi connectivity index (χ1v) is 11.1. The minimum atomic E-state index is -0.340. The smallest absolute Gasteiger partial charge is 0.313 e. The zero-order valence-corrected chi connectivity index (χ0v) is 18.9. The van der Waals surface area contributed by atoms with Crippen LogP contribution in [-0.4, -0.2) is 37.0 Å². The van der Waals surface area contributed by atoms with Crippen LogP contribution in [0.4, 0.5) is 0 Å². The molecule has 0 spiro atoms. The van der Waals surface area contributed by atoms with Crippen LogP contribution in [0.1, 0.15) is 35.1 Å². The Morgan fingerprint density at radius 2 is 1.41 bits per heavy atom. The van der Waals surface area contributed by atoms with E-state index in [2.05, 4.69) is 12.1 Å². The van der Waals surface area contributed by atoms with E-state index >= 15 is 0 Å². The molecule has 166 valence electrons. The fraction of sp³-hybridized carbons (Fsp3) is 0.286. The summed E-state index contributed by atoms with van der Waals surface area (Å²) in [5.41, 5.74) is 4.19. The second-order valence-corrected chi connectivity index (χ2v) is 7.96. The van der Waals surface area contributed by atoms with E-state index in [0.717, 1.165) is 23.1 Å². The highest BCUT2D eigenvalue weighted by Crippen LogP contribution is 2.23. The van der Waals surface area contributed by atoms with Gasteiger partial charge in [0.05, 0.1) is 18.9 Å². The Bertz CT molecular complexity index is 984. The van der Waals surface area contributed by atoms with Crippen molar-refractivity contribution in [3.63, 3.8) is 0 Å². The molecule has 0 aliphatic rings. The molecule has 1 unspecified atom stereocenters. The highest BCUT2D eigenvalue weighted by molar-refractivity contribution is 5.79. The SMILES string of the molecule is CCOC(=O)C(Cc1ccc(CC(=O)N(C)CCc2ccccc2)cc1)c1ccccc1. The number of likely N-dealkylation sites (N-methyl/N-ethyl adjacent to an activating group) is 1. The van der Waals surface area contributed by atoms with Gasteiger partial charge in [0, 0.05) is 13.6 Å². The molecule has 0 N–H and O–H groups in total. The second-order valence-electron chi connectivity index (χ2n) is 7.96. The van der Waals surface area contributed by atoms with Crippen molar-refractivity contribution in [3.8, 4) is 0 Å². The predicted molar refractivity (Wildman–Crippen MR) is 127 cm³/mol. The summed E-state index contributed by atoms with van der Waals surface area (Å²) in [6.07, 6.45) is 1.77. The third kappa shape index (κ3) is 6.81. The molecule has 1 amide bonds. The maximum Gasteiger partial charge on any atom is 0.313 e. The summed E-state index contributed by atoms with van der Waals surface area (Å²) in [5, 5.41) is 0. The molecular formula is C28H31NO3. The van der Waals surface area contributed by atoms with Gasteiger partial charge >= 0.3 is 5.97 Å². The van der Waals surface area contributed by atoms with E-state index in [1.54, 1.807) is 4.90 Å². The lowest BCUT2D eigenvalue weighted by atomic mass is 9.91. The first kappa shape index (κ1) is 23.3. The number of nitrogens with zero attached hydrogens (tertiary/aromatic N) is 1. The molecule has 0 heterocycles. The first-order valence-electron chi connectivity index (χ1n) is 11.1. The second kappa shape index (κ2) is 11.8. The summed E-state index contributed by atoms with van der Waals surface area (Å²) in [6.45, 7) is 2.88. The van der Waals surface area contributed by atoms with Crippen LogP contribution in [0.15, 0.2) is 84.9 Å². The Morgan fingerprint density at radius 1 is 0.812 bits per heavy atom. The van der Waals surface area contributed by atoms with Crippen molar-refractivity contribution >= 4 is 11.9 Å². The van der Waals surface area contributed by atoms with Crippen molar-refractivity contribution in [1.82, 2.24) is 4.90 Å². The number of hydrogen-bond acceptors (Lipinski definition) is 3. The van der Waals surface area contributed by atoms with Gasteiger partial charge < -0.3 is 9.64 Å². The zero-order valence-electron chi connectivity index (χ0n) is 18.9. The number of carbonyl (C=O) groups is 2.